The van der Waals surface area contributed by atoms with Gasteiger partial charge in [0.05, 0.1) is 13.2 Å². The number of carbonyl (C=O) groups is 2. The van der Waals surface area contributed by atoms with E-state index >= 15 is 0 Å². The number of hydrogen-bond donors (Lipinski definition) is 1. The van der Waals surface area contributed by atoms with Crippen LogP contribution in [0.2, 0.25) is 0 Å². The third-order valence-electron chi connectivity index (χ3n) is 4.10. The van der Waals surface area contributed by atoms with Gasteiger partial charge in [0.25, 0.3) is 0 Å². The van der Waals surface area contributed by atoms with Gasteiger partial charge in [-0.2, -0.15) is 0 Å². The first-order chi connectivity index (χ1) is 10.5. The smallest absolute Gasteiger partial charge is 0.332 e. The Morgan fingerprint density at radius 3 is 2.59 bits per heavy atom. The summed E-state index contributed by atoms with van der Waals surface area (Å²) in [6.07, 6.45) is 1.13. The highest BCUT2D eigenvalue weighted by atomic mass is 16.5. The maximum Gasteiger partial charge on any atom is 0.332 e. The number of likely N-dealkylation sites (tertiary alicyclic amines) is 1. The lowest BCUT2D eigenvalue weighted by Crippen LogP contribution is -2.57. The molecule has 1 amide bonds. The van der Waals surface area contributed by atoms with Crippen LogP contribution in [0.1, 0.15) is 32.3 Å². The number of carboxylic acid groups (broad SMARTS) is 1. The molecule has 0 bridgehead atoms. The highest BCUT2D eigenvalue weighted by Gasteiger charge is 2.50. The SMILES string of the molecule is CC(C)C(=O)N1CCC[C@@]1(COCc1ccccc1)C(=O)O. The zero-order valence-electron chi connectivity index (χ0n) is 13.1. The lowest BCUT2D eigenvalue weighted by molar-refractivity contribution is -0.162. The number of rotatable bonds is 6. The number of nitrogens with zero attached hydrogens (tertiary/aromatic N) is 1. The van der Waals surface area contributed by atoms with Gasteiger partial charge < -0.3 is 14.7 Å². The molecule has 120 valence electrons. The van der Waals surface area contributed by atoms with Crippen LogP contribution in [0, 0.1) is 5.92 Å². The first-order valence-corrected chi connectivity index (χ1v) is 7.64. The van der Waals surface area contributed by atoms with Crippen molar-refractivity contribution in [2.75, 3.05) is 13.2 Å². The quantitative estimate of drug-likeness (QED) is 0.876. The number of carbonyl (C=O) groups excluding carboxylic acids is 1. The highest BCUT2D eigenvalue weighted by molar-refractivity contribution is 5.88. The number of benzene rings is 1. The minimum Gasteiger partial charge on any atom is -0.479 e. The summed E-state index contributed by atoms with van der Waals surface area (Å²) < 4.78 is 5.65. The number of aliphatic carboxylic acids is 1. The van der Waals surface area contributed by atoms with Crippen LogP contribution in [-0.4, -0.2) is 40.6 Å². The van der Waals surface area contributed by atoms with Crippen molar-refractivity contribution >= 4 is 11.9 Å². The molecule has 0 aromatic heterocycles. The minimum absolute atomic E-state index is 0.0235. The van der Waals surface area contributed by atoms with Crippen molar-refractivity contribution in [2.45, 2.75) is 38.8 Å². The lowest BCUT2D eigenvalue weighted by atomic mass is 9.96. The molecule has 1 heterocycles. The Balaban J connectivity index is 2.08. The van der Waals surface area contributed by atoms with Gasteiger partial charge in [-0.05, 0) is 18.4 Å². The molecular formula is C17H23NO4. The Kier molecular flexibility index (Phi) is 5.19. The van der Waals surface area contributed by atoms with Crippen molar-refractivity contribution < 1.29 is 19.4 Å². The summed E-state index contributed by atoms with van der Waals surface area (Å²) in [5, 5.41) is 9.69. The van der Waals surface area contributed by atoms with Crippen LogP contribution in [0.3, 0.4) is 0 Å². The second kappa shape index (κ2) is 6.92. The predicted molar refractivity (Wildman–Crippen MR) is 82.2 cm³/mol. The molecule has 1 aliphatic rings. The normalized spacial score (nSPS) is 21.3. The summed E-state index contributed by atoms with van der Waals surface area (Å²) >= 11 is 0. The Labute approximate surface area is 130 Å². The van der Waals surface area contributed by atoms with Crippen LogP contribution in [0.25, 0.3) is 0 Å². The molecule has 1 aromatic rings. The van der Waals surface area contributed by atoms with Gasteiger partial charge in [-0.25, -0.2) is 4.79 Å². The molecule has 0 spiro atoms. The van der Waals surface area contributed by atoms with Gasteiger partial charge in [0.15, 0.2) is 5.54 Å². The maximum absolute atomic E-state index is 12.3. The van der Waals surface area contributed by atoms with Crippen LogP contribution in [0.4, 0.5) is 0 Å². The van der Waals surface area contributed by atoms with Crippen LogP contribution in [0.5, 0.6) is 0 Å². The summed E-state index contributed by atoms with van der Waals surface area (Å²) in [7, 11) is 0. The fourth-order valence-corrected chi connectivity index (χ4v) is 2.86. The Morgan fingerprint density at radius 1 is 1.32 bits per heavy atom. The van der Waals surface area contributed by atoms with Crippen molar-refractivity contribution in [3.8, 4) is 0 Å². The predicted octanol–water partition coefficient (Wildman–Crippen LogP) is 2.31. The average Bonchev–Trinajstić information content (AvgIpc) is 2.92. The van der Waals surface area contributed by atoms with Gasteiger partial charge in [-0.1, -0.05) is 44.2 Å². The van der Waals surface area contributed by atoms with Crippen molar-refractivity contribution in [2.24, 2.45) is 5.92 Å². The van der Waals surface area contributed by atoms with E-state index in [1.54, 1.807) is 13.8 Å². The van der Waals surface area contributed by atoms with Gasteiger partial charge in [-0.3, -0.25) is 4.79 Å². The molecule has 5 heteroatoms. The third kappa shape index (κ3) is 3.30. The Bertz CT molecular complexity index is 529. The summed E-state index contributed by atoms with van der Waals surface area (Å²) in [6, 6.07) is 9.60. The van der Waals surface area contributed by atoms with E-state index in [9.17, 15) is 14.7 Å². The summed E-state index contributed by atoms with van der Waals surface area (Å²) in [4.78, 5) is 25.6. The molecule has 0 radical (unpaired) electrons. The molecule has 1 aliphatic heterocycles. The van der Waals surface area contributed by atoms with Gasteiger partial charge in [0, 0.05) is 12.5 Å². The molecular weight excluding hydrogens is 282 g/mol. The van der Waals surface area contributed by atoms with E-state index in [1.807, 2.05) is 30.3 Å². The van der Waals surface area contributed by atoms with Gasteiger partial charge >= 0.3 is 5.97 Å². The second-order valence-electron chi connectivity index (χ2n) is 6.06. The molecule has 2 rings (SSSR count). The number of ether oxygens (including phenoxy) is 1. The minimum atomic E-state index is -1.23. The van der Waals surface area contributed by atoms with Crippen LogP contribution >= 0.6 is 0 Å². The fourth-order valence-electron chi connectivity index (χ4n) is 2.86. The van der Waals surface area contributed by atoms with E-state index in [4.69, 9.17) is 4.74 Å². The fraction of sp³-hybridized carbons (Fsp3) is 0.529. The molecule has 0 saturated carbocycles. The average molecular weight is 305 g/mol. The van der Waals surface area contributed by atoms with Crippen molar-refractivity contribution in [3.05, 3.63) is 35.9 Å². The lowest BCUT2D eigenvalue weighted by Gasteiger charge is -2.35. The molecule has 1 fully saturated rings. The van der Waals surface area contributed by atoms with E-state index in [1.165, 1.54) is 4.90 Å². The third-order valence-corrected chi connectivity index (χ3v) is 4.10. The topological polar surface area (TPSA) is 66.8 Å². The Morgan fingerprint density at radius 2 is 2.00 bits per heavy atom. The number of hydrogen-bond acceptors (Lipinski definition) is 3. The van der Waals surface area contributed by atoms with Crippen LogP contribution < -0.4 is 0 Å². The molecule has 0 aliphatic carbocycles. The summed E-state index contributed by atoms with van der Waals surface area (Å²) in [5.74, 6) is -1.32. The summed E-state index contributed by atoms with van der Waals surface area (Å²) in [6.45, 7) is 4.43. The first-order valence-electron chi connectivity index (χ1n) is 7.64. The highest BCUT2D eigenvalue weighted by Crippen LogP contribution is 2.32. The first kappa shape index (κ1) is 16.5. The van der Waals surface area contributed by atoms with Crippen molar-refractivity contribution in [1.29, 1.82) is 0 Å². The van der Waals surface area contributed by atoms with Crippen LogP contribution in [0.15, 0.2) is 30.3 Å². The maximum atomic E-state index is 12.3. The van der Waals surface area contributed by atoms with Crippen molar-refractivity contribution in [1.82, 2.24) is 4.90 Å². The van der Waals surface area contributed by atoms with E-state index < -0.39 is 11.5 Å². The zero-order chi connectivity index (χ0) is 16.2. The largest absolute Gasteiger partial charge is 0.479 e. The van der Waals surface area contributed by atoms with E-state index in [-0.39, 0.29) is 18.4 Å². The molecule has 5 nitrogen and oxygen atoms in total. The van der Waals surface area contributed by atoms with Crippen molar-refractivity contribution in [3.63, 3.8) is 0 Å². The molecule has 1 atom stereocenters. The van der Waals surface area contributed by atoms with E-state index in [0.29, 0.717) is 26.0 Å². The molecule has 22 heavy (non-hydrogen) atoms. The molecule has 1 N–H and O–H groups in total. The van der Waals surface area contributed by atoms with E-state index in [0.717, 1.165) is 5.56 Å². The van der Waals surface area contributed by atoms with Gasteiger partial charge in [0.1, 0.15) is 0 Å². The monoisotopic (exact) mass is 305 g/mol. The van der Waals surface area contributed by atoms with Gasteiger partial charge in [-0.15, -0.1) is 0 Å². The molecule has 0 unspecified atom stereocenters. The second-order valence-corrected chi connectivity index (χ2v) is 6.06. The number of amides is 1. The van der Waals surface area contributed by atoms with E-state index in [2.05, 4.69) is 0 Å². The Hall–Kier alpha value is -1.88. The standard InChI is InChI=1S/C17H23NO4/c1-13(2)15(19)18-10-6-9-17(18,16(20)21)12-22-11-14-7-4-3-5-8-14/h3-5,7-8,13H,6,9-12H2,1-2H3,(H,20,21)/t17-/m1/s1. The number of carboxylic acids is 1. The summed E-state index contributed by atoms with van der Waals surface area (Å²) in [5.41, 5.74) is -0.237. The van der Waals surface area contributed by atoms with Gasteiger partial charge in [0.2, 0.25) is 5.91 Å². The molecule has 1 saturated heterocycles. The van der Waals surface area contributed by atoms with Crippen LogP contribution in [-0.2, 0) is 20.9 Å². The molecule has 1 aromatic carbocycles. The zero-order valence-corrected chi connectivity index (χ0v) is 13.1.